The predicted octanol–water partition coefficient (Wildman–Crippen LogP) is 1.24. The molecule has 16 heavy (non-hydrogen) atoms. The van der Waals surface area contributed by atoms with Gasteiger partial charge in [0, 0.05) is 13.6 Å². The van der Waals surface area contributed by atoms with Crippen molar-refractivity contribution in [3.05, 3.63) is 0 Å². The standard InChI is InChI=1S/C11H22N2O3/c1-6-16-9(14)7-12-10(15)13(5)8-11(2,3)4/h6-8H2,1-5H3,(H,12,15). The van der Waals surface area contributed by atoms with Gasteiger partial charge in [0.2, 0.25) is 0 Å². The summed E-state index contributed by atoms with van der Waals surface area (Å²) in [6.07, 6.45) is 0. The van der Waals surface area contributed by atoms with Crippen molar-refractivity contribution in [1.82, 2.24) is 10.2 Å². The van der Waals surface area contributed by atoms with Gasteiger partial charge in [0.25, 0.3) is 0 Å². The number of hydrogen-bond acceptors (Lipinski definition) is 3. The Bertz CT molecular complexity index is 246. The third-order valence-corrected chi connectivity index (χ3v) is 1.75. The van der Waals surface area contributed by atoms with Crippen LogP contribution in [0.1, 0.15) is 27.7 Å². The molecule has 0 radical (unpaired) electrons. The summed E-state index contributed by atoms with van der Waals surface area (Å²) in [4.78, 5) is 24.1. The van der Waals surface area contributed by atoms with E-state index >= 15 is 0 Å². The first-order chi connectivity index (χ1) is 7.26. The summed E-state index contributed by atoms with van der Waals surface area (Å²) in [7, 11) is 1.70. The Morgan fingerprint density at radius 1 is 1.31 bits per heavy atom. The van der Waals surface area contributed by atoms with Gasteiger partial charge in [0.15, 0.2) is 0 Å². The molecule has 0 unspecified atom stereocenters. The molecule has 5 nitrogen and oxygen atoms in total. The van der Waals surface area contributed by atoms with Gasteiger partial charge in [-0.1, -0.05) is 20.8 Å². The highest BCUT2D eigenvalue weighted by Crippen LogP contribution is 2.13. The molecule has 94 valence electrons. The smallest absolute Gasteiger partial charge is 0.325 e. The van der Waals surface area contributed by atoms with Gasteiger partial charge < -0.3 is 15.0 Å². The van der Waals surface area contributed by atoms with Crippen LogP contribution in [0.2, 0.25) is 0 Å². The number of carbonyl (C=O) groups is 2. The first-order valence-electron chi connectivity index (χ1n) is 5.41. The SMILES string of the molecule is CCOC(=O)CNC(=O)N(C)CC(C)(C)C. The Morgan fingerprint density at radius 3 is 2.31 bits per heavy atom. The third-order valence-electron chi connectivity index (χ3n) is 1.75. The molecule has 0 aromatic rings. The minimum absolute atomic E-state index is 0.0377. The first kappa shape index (κ1) is 14.7. The number of nitrogens with one attached hydrogen (secondary N) is 1. The second kappa shape index (κ2) is 6.35. The van der Waals surface area contributed by atoms with E-state index in [1.807, 2.05) is 20.8 Å². The van der Waals surface area contributed by atoms with Crippen LogP contribution in [-0.4, -0.2) is 43.6 Å². The summed E-state index contributed by atoms with van der Waals surface area (Å²) in [6, 6.07) is -0.261. The van der Waals surface area contributed by atoms with Gasteiger partial charge in [-0.2, -0.15) is 0 Å². The molecule has 0 aromatic carbocycles. The maximum absolute atomic E-state index is 11.5. The van der Waals surface area contributed by atoms with E-state index in [1.54, 1.807) is 18.9 Å². The molecular weight excluding hydrogens is 208 g/mol. The van der Waals surface area contributed by atoms with Crippen molar-refractivity contribution in [3.8, 4) is 0 Å². The predicted molar refractivity (Wildman–Crippen MR) is 62.1 cm³/mol. The molecular formula is C11H22N2O3. The van der Waals surface area contributed by atoms with Crippen LogP contribution >= 0.6 is 0 Å². The number of esters is 1. The minimum Gasteiger partial charge on any atom is -0.465 e. The van der Waals surface area contributed by atoms with Crippen molar-refractivity contribution in [1.29, 1.82) is 0 Å². The van der Waals surface area contributed by atoms with Crippen molar-refractivity contribution in [2.24, 2.45) is 5.41 Å². The van der Waals surface area contributed by atoms with E-state index in [9.17, 15) is 9.59 Å². The zero-order chi connectivity index (χ0) is 12.8. The van der Waals surface area contributed by atoms with E-state index in [4.69, 9.17) is 4.74 Å². The van der Waals surface area contributed by atoms with Crippen molar-refractivity contribution in [2.45, 2.75) is 27.7 Å². The molecule has 0 heterocycles. The molecule has 0 atom stereocenters. The van der Waals surface area contributed by atoms with E-state index in [1.165, 1.54) is 0 Å². The summed E-state index contributed by atoms with van der Waals surface area (Å²) < 4.78 is 4.70. The molecule has 0 spiro atoms. The van der Waals surface area contributed by atoms with Crippen LogP contribution in [0, 0.1) is 5.41 Å². The normalized spacial score (nSPS) is 10.8. The Morgan fingerprint density at radius 2 is 1.88 bits per heavy atom. The highest BCUT2D eigenvalue weighted by molar-refractivity contribution is 5.80. The Kier molecular flexibility index (Phi) is 5.85. The summed E-state index contributed by atoms with van der Waals surface area (Å²) in [5.74, 6) is -0.417. The largest absolute Gasteiger partial charge is 0.465 e. The highest BCUT2D eigenvalue weighted by atomic mass is 16.5. The van der Waals surface area contributed by atoms with Gasteiger partial charge >= 0.3 is 12.0 Å². The van der Waals surface area contributed by atoms with Gasteiger partial charge in [0.05, 0.1) is 6.61 Å². The monoisotopic (exact) mass is 230 g/mol. The van der Waals surface area contributed by atoms with Crippen LogP contribution in [0.5, 0.6) is 0 Å². The molecule has 0 fully saturated rings. The van der Waals surface area contributed by atoms with Gasteiger partial charge in [-0.05, 0) is 12.3 Å². The van der Waals surface area contributed by atoms with Crippen LogP contribution in [0.3, 0.4) is 0 Å². The maximum Gasteiger partial charge on any atom is 0.325 e. The molecule has 0 aliphatic rings. The first-order valence-corrected chi connectivity index (χ1v) is 5.41. The lowest BCUT2D eigenvalue weighted by Gasteiger charge is -2.26. The molecule has 0 aliphatic carbocycles. The van der Waals surface area contributed by atoms with E-state index in [0.717, 1.165) is 0 Å². The molecule has 1 N–H and O–H groups in total. The number of nitrogens with zero attached hydrogens (tertiary/aromatic N) is 1. The topological polar surface area (TPSA) is 58.6 Å². The second-order valence-corrected chi connectivity index (χ2v) is 4.88. The number of urea groups is 1. The summed E-state index contributed by atoms with van der Waals surface area (Å²) >= 11 is 0. The molecule has 2 amide bonds. The van der Waals surface area contributed by atoms with Gasteiger partial charge in [-0.25, -0.2) is 4.79 Å². The van der Waals surface area contributed by atoms with Gasteiger partial charge in [-0.3, -0.25) is 4.79 Å². The van der Waals surface area contributed by atoms with Crippen molar-refractivity contribution in [3.63, 3.8) is 0 Å². The van der Waals surface area contributed by atoms with E-state index in [-0.39, 0.29) is 18.0 Å². The van der Waals surface area contributed by atoms with Crippen LogP contribution in [0.25, 0.3) is 0 Å². The Balaban J connectivity index is 3.93. The van der Waals surface area contributed by atoms with Crippen LogP contribution < -0.4 is 5.32 Å². The van der Waals surface area contributed by atoms with E-state index in [0.29, 0.717) is 13.2 Å². The van der Waals surface area contributed by atoms with Crippen molar-refractivity contribution < 1.29 is 14.3 Å². The van der Waals surface area contributed by atoms with Gasteiger partial charge in [0.1, 0.15) is 6.54 Å². The van der Waals surface area contributed by atoms with Crippen LogP contribution in [-0.2, 0) is 9.53 Å². The summed E-state index contributed by atoms with van der Waals surface area (Å²) in [5, 5.41) is 2.50. The van der Waals surface area contributed by atoms with Crippen molar-refractivity contribution >= 4 is 12.0 Å². The zero-order valence-corrected chi connectivity index (χ0v) is 10.8. The van der Waals surface area contributed by atoms with E-state index in [2.05, 4.69) is 5.32 Å². The second-order valence-electron chi connectivity index (χ2n) is 4.88. The zero-order valence-electron chi connectivity index (χ0n) is 10.8. The number of carbonyl (C=O) groups excluding carboxylic acids is 2. The lowest BCUT2D eigenvalue weighted by atomic mass is 9.96. The lowest BCUT2D eigenvalue weighted by molar-refractivity contribution is -0.141. The molecule has 0 aliphatic heterocycles. The molecule has 0 saturated carbocycles. The summed E-state index contributed by atoms with van der Waals surface area (Å²) in [5.41, 5.74) is 0.0377. The molecule has 5 heteroatoms. The number of amides is 2. The number of ether oxygens (including phenoxy) is 1. The fourth-order valence-corrected chi connectivity index (χ4v) is 1.28. The number of rotatable bonds is 4. The minimum atomic E-state index is -0.417. The van der Waals surface area contributed by atoms with Gasteiger partial charge in [-0.15, -0.1) is 0 Å². The fraction of sp³-hybridized carbons (Fsp3) is 0.818. The Hall–Kier alpha value is -1.26. The fourth-order valence-electron chi connectivity index (χ4n) is 1.28. The highest BCUT2D eigenvalue weighted by Gasteiger charge is 2.17. The molecule has 0 saturated heterocycles. The van der Waals surface area contributed by atoms with E-state index < -0.39 is 5.97 Å². The molecule has 0 rings (SSSR count). The maximum atomic E-state index is 11.5. The average Bonchev–Trinajstić information content (AvgIpc) is 2.11. The van der Waals surface area contributed by atoms with Crippen LogP contribution in [0.15, 0.2) is 0 Å². The molecule has 0 aromatic heterocycles. The van der Waals surface area contributed by atoms with Crippen LogP contribution in [0.4, 0.5) is 4.79 Å². The molecule has 0 bridgehead atoms. The third kappa shape index (κ3) is 7.09. The average molecular weight is 230 g/mol. The lowest BCUT2D eigenvalue weighted by Crippen LogP contribution is -2.43. The summed E-state index contributed by atoms with van der Waals surface area (Å²) in [6.45, 7) is 8.73. The quantitative estimate of drug-likeness (QED) is 0.739. The Labute approximate surface area is 97.1 Å². The number of hydrogen-bond donors (Lipinski definition) is 1. The van der Waals surface area contributed by atoms with Crippen molar-refractivity contribution in [2.75, 3.05) is 26.7 Å².